The third-order valence-electron chi connectivity index (χ3n) is 4.21. The maximum atomic E-state index is 11.6. The van der Waals surface area contributed by atoms with E-state index < -0.39 is 0 Å². The molecule has 1 saturated heterocycles. The zero-order valence-corrected chi connectivity index (χ0v) is 15.2. The number of piperidine rings is 1. The number of benzene rings is 1. The summed E-state index contributed by atoms with van der Waals surface area (Å²) in [4.78, 5) is 18.6. The van der Waals surface area contributed by atoms with Crippen LogP contribution in [0.4, 0.5) is 0 Å². The highest BCUT2D eigenvalue weighted by Crippen LogP contribution is 2.18. The molecule has 1 aromatic rings. The Morgan fingerprint density at radius 2 is 2.17 bits per heavy atom. The normalized spacial score (nSPS) is 16.1. The first-order valence-corrected chi connectivity index (χ1v) is 8.87. The fourth-order valence-electron chi connectivity index (χ4n) is 2.90. The highest BCUT2D eigenvalue weighted by molar-refractivity contribution is 6.30. The van der Waals surface area contributed by atoms with Gasteiger partial charge in [0.25, 0.3) is 0 Å². The fourth-order valence-corrected chi connectivity index (χ4v) is 3.12. The molecule has 24 heavy (non-hydrogen) atoms. The lowest BCUT2D eigenvalue weighted by atomic mass is 9.97. The predicted octanol–water partition coefficient (Wildman–Crippen LogP) is 2.73. The van der Waals surface area contributed by atoms with Crippen molar-refractivity contribution in [1.29, 1.82) is 0 Å². The van der Waals surface area contributed by atoms with Crippen molar-refractivity contribution in [3.8, 4) is 0 Å². The molecule has 5 nitrogen and oxygen atoms in total. The predicted molar refractivity (Wildman–Crippen MR) is 97.4 cm³/mol. The van der Waals surface area contributed by atoms with Crippen molar-refractivity contribution in [2.45, 2.75) is 26.2 Å². The average molecular weight is 352 g/mol. The van der Waals surface area contributed by atoms with Crippen LogP contribution < -0.4 is 5.32 Å². The maximum absolute atomic E-state index is 11.6. The molecule has 1 aromatic carbocycles. The van der Waals surface area contributed by atoms with E-state index in [1.807, 2.05) is 18.2 Å². The number of methoxy groups -OCH3 is 1. The van der Waals surface area contributed by atoms with Crippen LogP contribution in [0, 0.1) is 5.92 Å². The summed E-state index contributed by atoms with van der Waals surface area (Å²) in [5, 5.41) is 4.10. The number of nitrogens with one attached hydrogen (secondary N) is 1. The molecule has 0 bridgehead atoms. The molecular weight excluding hydrogens is 326 g/mol. The Kier molecular flexibility index (Phi) is 7.37. The first kappa shape index (κ1) is 18.6. The van der Waals surface area contributed by atoms with Gasteiger partial charge in [-0.2, -0.15) is 0 Å². The minimum Gasteiger partial charge on any atom is -0.469 e. The summed E-state index contributed by atoms with van der Waals surface area (Å²) in [6, 6.07) is 7.88. The second-order valence-electron chi connectivity index (χ2n) is 5.90. The first-order valence-electron chi connectivity index (χ1n) is 8.49. The average Bonchev–Trinajstić information content (AvgIpc) is 2.60. The number of guanidine groups is 1. The highest BCUT2D eigenvalue weighted by Gasteiger charge is 2.26. The molecule has 1 aliphatic heterocycles. The van der Waals surface area contributed by atoms with Crippen molar-refractivity contribution in [2.75, 3.05) is 33.3 Å². The Hall–Kier alpha value is -1.75. The van der Waals surface area contributed by atoms with Gasteiger partial charge in [-0.25, -0.2) is 0 Å². The number of hydrogen-bond acceptors (Lipinski definition) is 3. The van der Waals surface area contributed by atoms with Crippen LogP contribution in [0.2, 0.25) is 5.02 Å². The van der Waals surface area contributed by atoms with E-state index in [1.165, 1.54) is 12.7 Å². The molecular formula is C18H26ClN3O2. The molecule has 1 N–H and O–H groups in total. The van der Waals surface area contributed by atoms with Crippen LogP contribution in [0.1, 0.15) is 25.3 Å². The molecule has 1 heterocycles. The van der Waals surface area contributed by atoms with E-state index in [1.54, 1.807) is 0 Å². The van der Waals surface area contributed by atoms with Gasteiger partial charge >= 0.3 is 5.97 Å². The molecule has 1 fully saturated rings. The van der Waals surface area contributed by atoms with Gasteiger partial charge in [0.2, 0.25) is 0 Å². The van der Waals surface area contributed by atoms with Gasteiger partial charge in [-0.3, -0.25) is 9.79 Å². The molecule has 0 aromatic heterocycles. The van der Waals surface area contributed by atoms with E-state index in [9.17, 15) is 4.79 Å². The van der Waals surface area contributed by atoms with E-state index in [0.29, 0.717) is 6.54 Å². The number of likely N-dealkylation sites (tertiary alicyclic amines) is 1. The van der Waals surface area contributed by atoms with Gasteiger partial charge in [-0.15, -0.1) is 0 Å². The minimum atomic E-state index is -0.0995. The smallest absolute Gasteiger partial charge is 0.308 e. The second-order valence-corrected chi connectivity index (χ2v) is 6.34. The summed E-state index contributed by atoms with van der Waals surface area (Å²) in [5.74, 6) is 0.834. The van der Waals surface area contributed by atoms with Crippen molar-refractivity contribution in [1.82, 2.24) is 10.2 Å². The van der Waals surface area contributed by atoms with Gasteiger partial charge in [0.05, 0.1) is 13.0 Å². The SMILES string of the molecule is CCNC(=NCCc1cccc(Cl)c1)N1CCC(C(=O)OC)CC1. The summed E-state index contributed by atoms with van der Waals surface area (Å²) < 4.78 is 4.84. The summed E-state index contributed by atoms with van der Waals surface area (Å²) in [6.07, 6.45) is 2.48. The van der Waals surface area contributed by atoms with E-state index >= 15 is 0 Å². The lowest BCUT2D eigenvalue weighted by molar-refractivity contribution is -0.146. The van der Waals surface area contributed by atoms with Crippen LogP contribution in [-0.2, 0) is 16.0 Å². The van der Waals surface area contributed by atoms with Crippen molar-refractivity contribution in [3.05, 3.63) is 34.9 Å². The number of carbonyl (C=O) groups is 1. The van der Waals surface area contributed by atoms with Crippen LogP contribution in [-0.4, -0.2) is 50.1 Å². The monoisotopic (exact) mass is 351 g/mol. The standard InChI is InChI=1S/C18H26ClN3O2/c1-3-20-18(21-10-7-14-5-4-6-16(19)13-14)22-11-8-15(9-12-22)17(23)24-2/h4-6,13,15H,3,7-12H2,1-2H3,(H,20,21). The zero-order valence-electron chi connectivity index (χ0n) is 14.4. The number of carbonyl (C=O) groups excluding carboxylic acids is 1. The van der Waals surface area contributed by atoms with Crippen LogP contribution in [0.15, 0.2) is 29.3 Å². The van der Waals surface area contributed by atoms with Gasteiger partial charge < -0.3 is 15.0 Å². The van der Waals surface area contributed by atoms with Gasteiger partial charge in [0, 0.05) is 31.2 Å². The molecule has 0 radical (unpaired) electrons. The molecule has 132 valence electrons. The van der Waals surface area contributed by atoms with Crippen LogP contribution in [0.3, 0.4) is 0 Å². The number of ether oxygens (including phenoxy) is 1. The lowest BCUT2D eigenvalue weighted by Gasteiger charge is -2.33. The minimum absolute atomic E-state index is 0.0144. The van der Waals surface area contributed by atoms with Crippen LogP contribution in [0.25, 0.3) is 0 Å². The van der Waals surface area contributed by atoms with E-state index in [-0.39, 0.29) is 11.9 Å². The number of esters is 1. The summed E-state index contributed by atoms with van der Waals surface area (Å²) in [6.45, 7) is 5.24. The third kappa shape index (κ3) is 5.41. The van der Waals surface area contributed by atoms with Gasteiger partial charge in [-0.05, 0) is 43.9 Å². The van der Waals surface area contributed by atoms with Crippen LogP contribution >= 0.6 is 11.6 Å². The lowest BCUT2D eigenvalue weighted by Crippen LogP contribution is -2.46. The van der Waals surface area contributed by atoms with Gasteiger partial charge in [-0.1, -0.05) is 23.7 Å². The number of aliphatic imine (C=N–C) groups is 1. The maximum Gasteiger partial charge on any atom is 0.308 e. The second kappa shape index (κ2) is 9.52. The van der Waals surface area contributed by atoms with Gasteiger partial charge in [0.1, 0.15) is 0 Å². The molecule has 0 amide bonds. The van der Waals surface area contributed by atoms with Crippen molar-refractivity contribution in [2.24, 2.45) is 10.9 Å². The summed E-state index contributed by atoms with van der Waals surface area (Å²) in [5.41, 5.74) is 1.19. The third-order valence-corrected chi connectivity index (χ3v) is 4.45. The van der Waals surface area contributed by atoms with Gasteiger partial charge in [0.15, 0.2) is 5.96 Å². The first-order chi connectivity index (χ1) is 11.6. The van der Waals surface area contributed by atoms with Crippen molar-refractivity contribution >= 4 is 23.5 Å². The number of hydrogen-bond donors (Lipinski definition) is 1. The Bertz CT molecular complexity index is 569. The van der Waals surface area contributed by atoms with Crippen molar-refractivity contribution in [3.63, 3.8) is 0 Å². The molecule has 0 aliphatic carbocycles. The Balaban J connectivity index is 1.90. The molecule has 1 aliphatic rings. The van der Waals surface area contributed by atoms with Crippen LogP contribution in [0.5, 0.6) is 0 Å². The fraction of sp³-hybridized carbons (Fsp3) is 0.556. The number of halogens is 1. The highest BCUT2D eigenvalue weighted by atomic mass is 35.5. The number of rotatable bonds is 5. The zero-order chi connectivity index (χ0) is 17.4. The Labute approximate surface area is 149 Å². The molecule has 0 spiro atoms. The number of nitrogens with zero attached hydrogens (tertiary/aromatic N) is 2. The topological polar surface area (TPSA) is 53.9 Å². The molecule has 6 heteroatoms. The van der Waals surface area contributed by atoms with E-state index in [2.05, 4.69) is 23.2 Å². The Morgan fingerprint density at radius 3 is 2.79 bits per heavy atom. The summed E-state index contributed by atoms with van der Waals surface area (Å²) >= 11 is 6.01. The molecule has 0 saturated carbocycles. The molecule has 0 atom stereocenters. The van der Waals surface area contributed by atoms with E-state index in [4.69, 9.17) is 21.3 Å². The largest absolute Gasteiger partial charge is 0.469 e. The quantitative estimate of drug-likeness (QED) is 0.503. The molecule has 0 unspecified atom stereocenters. The summed E-state index contributed by atoms with van der Waals surface area (Å²) in [7, 11) is 1.45. The van der Waals surface area contributed by atoms with E-state index in [0.717, 1.165) is 49.9 Å². The Morgan fingerprint density at radius 1 is 1.42 bits per heavy atom. The van der Waals surface area contributed by atoms with Crippen molar-refractivity contribution < 1.29 is 9.53 Å². The molecule has 2 rings (SSSR count).